The molecule has 1 fully saturated rings. The highest BCUT2D eigenvalue weighted by atomic mass is 32.2. The molecule has 1 aromatic carbocycles. The molecule has 1 aromatic heterocycles. The molecule has 0 bridgehead atoms. The fraction of sp³-hybridized carbons (Fsp3) is 0.450. The van der Waals surface area contributed by atoms with E-state index >= 15 is 0 Å². The van der Waals surface area contributed by atoms with Gasteiger partial charge in [-0.2, -0.15) is 4.31 Å². The van der Waals surface area contributed by atoms with Crippen molar-refractivity contribution in [2.24, 2.45) is 5.73 Å². The summed E-state index contributed by atoms with van der Waals surface area (Å²) in [6.45, 7) is 2.26. The summed E-state index contributed by atoms with van der Waals surface area (Å²) in [5.74, 6) is 0.0177. The number of ether oxygens (including phenoxy) is 2. The van der Waals surface area contributed by atoms with Crippen LogP contribution in [0.1, 0.15) is 29.1 Å². The molecule has 0 radical (unpaired) electrons. The number of aromatic nitrogens is 1. The summed E-state index contributed by atoms with van der Waals surface area (Å²) in [5, 5.41) is 0.378. The zero-order valence-electron chi connectivity index (χ0n) is 17.7. The van der Waals surface area contributed by atoms with Crippen molar-refractivity contribution in [3.05, 3.63) is 34.5 Å². The fourth-order valence-corrected chi connectivity index (χ4v) is 7.29. The predicted molar refractivity (Wildman–Crippen MR) is 117 cm³/mol. The van der Waals surface area contributed by atoms with Gasteiger partial charge in [0.2, 0.25) is 5.91 Å². The van der Waals surface area contributed by atoms with Crippen LogP contribution in [-0.4, -0.2) is 55.9 Å². The first-order chi connectivity index (χ1) is 15.2. The molecule has 2 amide bonds. The van der Waals surface area contributed by atoms with Crippen LogP contribution in [0.25, 0.3) is 0 Å². The van der Waals surface area contributed by atoms with E-state index in [-0.39, 0.29) is 36.4 Å². The third kappa shape index (κ3) is 4.05. The SMILES string of the molecule is COc1cccc2c1N(C1CCN(S(=O)(=O)c3sc(CC(N)=O)nc3C)CC1)C(=O)OC2. The molecule has 32 heavy (non-hydrogen) atoms. The van der Waals surface area contributed by atoms with Gasteiger partial charge in [-0.05, 0) is 25.8 Å². The van der Waals surface area contributed by atoms with Crippen LogP contribution in [0.15, 0.2) is 22.4 Å². The Labute approximate surface area is 190 Å². The van der Waals surface area contributed by atoms with E-state index in [0.717, 1.165) is 16.9 Å². The number of sulfonamides is 1. The third-order valence-electron chi connectivity index (χ3n) is 5.58. The Hall–Kier alpha value is -2.70. The van der Waals surface area contributed by atoms with E-state index in [0.29, 0.717) is 35.0 Å². The second-order valence-electron chi connectivity index (χ2n) is 7.65. The number of rotatable bonds is 6. The number of primary amides is 1. The van der Waals surface area contributed by atoms with Gasteiger partial charge in [-0.15, -0.1) is 11.3 Å². The highest BCUT2D eigenvalue weighted by Crippen LogP contribution is 2.39. The van der Waals surface area contributed by atoms with Crippen LogP contribution in [0.5, 0.6) is 5.75 Å². The lowest BCUT2D eigenvalue weighted by Crippen LogP contribution is -2.50. The lowest BCUT2D eigenvalue weighted by molar-refractivity contribution is -0.117. The number of carbonyl (C=O) groups is 2. The normalized spacial score (nSPS) is 17.7. The van der Waals surface area contributed by atoms with Crippen molar-refractivity contribution >= 4 is 39.0 Å². The van der Waals surface area contributed by atoms with Gasteiger partial charge in [0.05, 0.1) is 24.9 Å². The minimum Gasteiger partial charge on any atom is -0.495 e. The van der Waals surface area contributed by atoms with Crippen molar-refractivity contribution in [1.29, 1.82) is 0 Å². The van der Waals surface area contributed by atoms with Gasteiger partial charge in [0.1, 0.15) is 17.4 Å². The van der Waals surface area contributed by atoms with E-state index in [9.17, 15) is 18.0 Å². The van der Waals surface area contributed by atoms with E-state index in [1.165, 1.54) is 4.31 Å². The molecule has 0 spiro atoms. The summed E-state index contributed by atoms with van der Waals surface area (Å²) < 4.78 is 38.7. The Bertz CT molecular complexity index is 1140. The van der Waals surface area contributed by atoms with E-state index in [1.807, 2.05) is 12.1 Å². The number of cyclic esters (lactones) is 1. The standard InChI is InChI=1S/C20H24N4O6S2/c1-12-19(31-17(22-12)10-16(21)25)32(27,28)23-8-6-14(7-9-23)24-18-13(11-30-20(24)26)4-3-5-15(18)29-2/h3-5,14H,6-11H2,1-2H3,(H2,21,25). The summed E-state index contributed by atoms with van der Waals surface area (Å²) in [7, 11) is -2.22. The molecule has 4 rings (SSSR count). The molecule has 2 aromatic rings. The average molecular weight is 481 g/mol. The maximum atomic E-state index is 13.2. The number of amides is 2. The number of carbonyl (C=O) groups excluding carboxylic acids is 2. The molecule has 1 saturated heterocycles. The fourth-order valence-electron chi connectivity index (χ4n) is 4.11. The number of hydrogen-bond acceptors (Lipinski definition) is 8. The lowest BCUT2D eigenvalue weighted by Gasteiger charge is -2.40. The monoisotopic (exact) mass is 480 g/mol. The minimum absolute atomic E-state index is 0.0958. The van der Waals surface area contributed by atoms with Gasteiger partial charge in [0, 0.05) is 24.7 Å². The summed E-state index contributed by atoms with van der Waals surface area (Å²) >= 11 is 0.971. The molecular weight excluding hydrogens is 456 g/mol. The Balaban J connectivity index is 1.54. The molecule has 0 unspecified atom stereocenters. The average Bonchev–Trinajstić information content (AvgIpc) is 3.13. The van der Waals surface area contributed by atoms with Crippen molar-refractivity contribution in [2.45, 2.75) is 43.0 Å². The number of nitrogens with two attached hydrogens (primary N) is 1. The Morgan fingerprint density at radius 1 is 1.34 bits per heavy atom. The summed E-state index contributed by atoms with van der Waals surface area (Å²) in [6, 6.07) is 5.29. The number of thiazole rings is 1. The summed E-state index contributed by atoms with van der Waals surface area (Å²) in [4.78, 5) is 29.6. The Morgan fingerprint density at radius 3 is 2.72 bits per heavy atom. The first-order valence-electron chi connectivity index (χ1n) is 10.1. The minimum atomic E-state index is -3.77. The van der Waals surface area contributed by atoms with Gasteiger partial charge in [-0.25, -0.2) is 18.2 Å². The molecule has 2 aliphatic heterocycles. The molecule has 10 nitrogen and oxygen atoms in total. The van der Waals surface area contributed by atoms with Crippen LogP contribution < -0.4 is 15.4 Å². The van der Waals surface area contributed by atoms with Crippen molar-refractivity contribution in [1.82, 2.24) is 9.29 Å². The number of nitrogens with zero attached hydrogens (tertiary/aromatic N) is 3. The molecule has 3 heterocycles. The van der Waals surface area contributed by atoms with E-state index in [1.54, 1.807) is 25.0 Å². The lowest BCUT2D eigenvalue weighted by atomic mass is 10.0. The second-order valence-corrected chi connectivity index (χ2v) is 10.9. The van der Waals surface area contributed by atoms with Gasteiger partial charge < -0.3 is 15.2 Å². The molecule has 2 aliphatic rings. The van der Waals surface area contributed by atoms with Crippen LogP contribution >= 0.6 is 11.3 Å². The van der Waals surface area contributed by atoms with Crippen molar-refractivity contribution in [3.8, 4) is 5.75 Å². The Kier molecular flexibility index (Phi) is 6.10. The zero-order chi connectivity index (χ0) is 23.0. The highest BCUT2D eigenvalue weighted by Gasteiger charge is 2.39. The topological polar surface area (TPSA) is 132 Å². The maximum absolute atomic E-state index is 13.2. The number of aryl methyl sites for hydroxylation is 1. The molecule has 0 atom stereocenters. The van der Waals surface area contributed by atoms with Gasteiger partial charge in [-0.3, -0.25) is 9.69 Å². The largest absolute Gasteiger partial charge is 0.495 e. The van der Waals surface area contributed by atoms with Gasteiger partial charge in [0.25, 0.3) is 10.0 Å². The third-order valence-corrected chi connectivity index (χ3v) is 9.22. The van der Waals surface area contributed by atoms with Gasteiger partial charge in [-0.1, -0.05) is 12.1 Å². The van der Waals surface area contributed by atoms with E-state index in [4.69, 9.17) is 15.2 Å². The van der Waals surface area contributed by atoms with E-state index < -0.39 is 22.0 Å². The summed E-state index contributed by atoms with van der Waals surface area (Å²) in [6.07, 6.45) is 0.328. The van der Waals surface area contributed by atoms with Crippen molar-refractivity contribution in [2.75, 3.05) is 25.1 Å². The van der Waals surface area contributed by atoms with E-state index in [2.05, 4.69) is 4.98 Å². The predicted octanol–water partition coefficient (Wildman–Crippen LogP) is 1.80. The molecule has 0 aliphatic carbocycles. The van der Waals surface area contributed by atoms with Crippen LogP contribution in [0.4, 0.5) is 10.5 Å². The van der Waals surface area contributed by atoms with Crippen LogP contribution in [0.3, 0.4) is 0 Å². The second kappa shape index (κ2) is 8.68. The first-order valence-corrected chi connectivity index (χ1v) is 12.3. The molecule has 172 valence electrons. The highest BCUT2D eigenvalue weighted by molar-refractivity contribution is 7.91. The van der Waals surface area contributed by atoms with Crippen molar-refractivity contribution < 1.29 is 27.5 Å². The maximum Gasteiger partial charge on any atom is 0.415 e. The Morgan fingerprint density at radius 2 is 2.06 bits per heavy atom. The quantitative estimate of drug-likeness (QED) is 0.667. The number of methoxy groups -OCH3 is 1. The zero-order valence-corrected chi connectivity index (χ0v) is 19.4. The van der Waals surface area contributed by atoms with Crippen LogP contribution in [0, 0.1) is 6.92 Å². The number of benzene rings is 1. The van der Waals surface area contributed by atoms with Crippen LogP contribution in [0.2, 0.25) is 0 Å². The molecule has 2 N–H and O–H groups in total. The van der Waals surface area contributed by atoms with Gasteiger partial charge in [0.15, 0.2) is 4.21 Å². The van der Waals surface area contributed by atoms with Crippen molar-refractivity contribution in [3.63, 3.8) is 0 Å². The first kappa shape index (κ1) is 22.5. The number of fused-ring (bicyclic) bond motifs is 1. The summed E-state index contributed by atoms with van der Waals surface area (Å²) in [5.41, 5.74) is 7.09. The number of hydrogen-bond donors (Lipinski definition) is 1. The molecule has 0 saturated carbocycles. The number of para-hydroxylation sites is 1. The van der Waals surface area contributed by atoms with Crippen LogP contribution in [-0.2, 0) is 32.6 Å². The molecule has 12 heteroatoms. The smallest absolute Gasteiger partial charge is 0.415 e. The molecular formula is C20H24N4O6S2. The number of piperidine rings is 1. The van der Waals surface area contributed by atoms with Gasteiger partial charge >= 0.3 is 6.09 Å². The number of anilines is 1.